The number of aromatic nitrogens is 2. The minimum atomic E-state index is -1.72. The largest absolute Gasteiger partial charge is 0.459 e. The molecule has 0 spiro atoms. The highest BCUT2D eigenvalue weighted by Gasteiger charge is 2.52. The number of Topliss-reactive ketones (excluding diaryl/α,β-unsaturated/α-hetero) is 1. The van der Waals surface area contributed by atoms with Gasteiger partial charge in [0.15, 0.2) is 24.2 Å². The van der Waals surface area contributed by atoms with Gasteiger partial charge in [0.25, 0.3) is 5.56 Å². The van der Waals surface area contributed by atoms with E-state index in [1.165, 1.54) is 43.3 Å². The molecule has 3 aromatic carbocycles. The second kappa shape index (κ2) is 14.2. The summed E-state index contributed by atoms with van der Waals surface area (Å²) in [6, 6.07) is 22.2. The maximum absolute atomic E-state index is 15.1. The van der Waals surface area contributed by atoms with Crippen molar-refractivity contribution in [1.29, 1.82) is 0 Å². The summed E-state index contributed by atoms with van der Waals surface area (Å²) >= 11 is 0. The number of carbonyl (C=O) groups excluding carboxylic acids is 4. The molecule has 0 saturated carbocycles. The third-order valence-corrected chi connectivity index (χ3v) is 7.53. The Morgan fingerprint density at radius 2 is 1.23 bits per heavy atom. The van der Waals surface area contributed by atoms with E-state index in [1.807, 2.05) is 0 Å². The van der Waals surface area contributed by atoms with E-state index in [1.54, 1.807) is 54.6 Å². The average Bonchev–Trinajstić information content (AvgIpc) is 3.41. The standard InChI is InChI=1S/C34H29FN2O10/c1-20(21(2)38)37-29(39)25(35)18-36(34(37)43)30-28(47-33(42)24-16-10-5-11-17-24)27(46-32(41)23-14-8-4-9-15-23)26(45-30)19-44-31(40)22-12-6-3-7-13-22/h3-18,20,26-28,30H,19H2,1-2H3/t20?,26-,27-,28-,30-/m1/s1. The van der Waals surface area contributed by atoms with Crippen molar-refractivity contribution in [2.45, 2.75) is 44.4 Å². The van der Waals surface area contributed by atoms with E-state index in [9.17, 15) is 28.8 Å². The average molecular weight is 645 g/mol. The van der Waals surface area contributed by atoms with Crippen molar-refractivity contribution in [2.24, 2.45) is 0 Å². The maximum Gasteiger partial charge on any atom is 0.338 e. The van der Waals surface area contributed by atoms with E-state index in [0.29, 0.717) is 15.3 Å². The van der Waals surface area contributed by atoms with Gasteiger partial charge < -0.3 is 18.9 Å². The summed E-state index contributed by atoms with van der Waals surface area (Å²) in [6.07, 6.45) is -5.70. The van der Waals surface area contributed by atoms with Crippen LogP contribution in [0.1, 0.15) is 57.2 Å². The Kier molecular flexibility index (Phi) is 9.85. The zero-order chi connectivity index (χ0) is 33.7. The molecule has 4 aromatic rings. The van der Waals surface area contributed by atoms with E-state index >= 15 is 4.39 Å². The number of esters is 3. The first-order valence-corrected chi connectivity index (χ1v) is 14.5. The summed E-state index contributed by atoms with van der Waals surface area (Å²) in [5.74, 6) is -4.55. The number of rotatable bonds is 10. The second-order valence-electron chi connectivity index (χ2n) is 10.6. The fraction of sp³-hybridized carbons (Fsp3) is 0.235. The first-order chi connectivity index (χ1) is 22.6. The Balaban J connectivity index is 1.59. The molecule has 1 saturated heterocycles. The van der Waals surface area contributed by atoms with Crippen LogP contribution in [0.2, 0.25) is 0 Å². The van der Waals surface area contributed by atoms with E-state index in [2.05, 4.69) is 0 Å². The van der Waals surface area contributed by atoms with Crippen molar-refractivity contribution in [2.75, 3.05) is 6.61 Å². The predicted molar refractivity (Wildman–Crippen MR) is 162 cm³/mol. The van der Waals surface area contributed by atoms with Gasteiger partial charge in [-0.1, -0.05) is 54.6 Å². The molecule has 0 aliphatic carbocycles. The van der Waals surface area contributed by atoms with Crippen LogP contribution < -0.4 is 11.2 Å². The van der Waals surface area contributed by atoms with Gasteiger partial charge in [-0.05, 0) is 50.2 Å². The summed E-state index contributed by atoms with van der Waals surface area (Å²) in [5.41, 5.74) is -2.11. The first-order valence-electron chi connectivity index (χ1n) is 14.5. The van der Waals surface area contributed by atoms with Gasteiger partial charge in [-0.2, -0.15) is 4.39 Å². The van der Waals surface area contributed by atoms with Crippen molar-refractivity contribution in [1.82, 2.24) is 9.13 Å². The Hall–Kier alpha value is -5.69. The van der Waals surface area contributed by atoms with E-state index in [4.69, 9.17) is 18.9 Å². The van der Waals surface area contributed by atoms with Gasteiger partial charge in [-0.25, -0.2) is 23.7 Å². The van der Waals surface area contributed by atoms with Gasteiger partial charge in [0.05, 0.1) is 28.9 Å². The lowest BCUT2D eigenvalue weighted by Gasteiger charge is -2.25. The van der Waals surface area contributed by atoms with Gasteiger partial charge in [-0.15, -0.1) is 0 Å². The van der Waals surface area contributed by atoms with Crippen LogP contribution in [0.3, 0.4) is 0 Å². The molecule has 1 fully saturated rings. The van der Waals surface area contributed by atoms with Crippen molar-refractivity contribution in [3.63, 3.8) is 0 Å². The number of nitrogens with zero attached hydrogens (tertiary/aromatic N) is 2. The Morgan fingerprint density at radius 3 is 1.72 bits per heavy atom. The van der Waals surface area contributed by atoms with E-state index < -0.39 is 77.9 Å². The smallest absolute Gasteiger partial charge is 0.338 e. The summed E-state index contributed by atoms with van der Waals surface area (Å²) in [7, 11) is 0. The van der Waals surface area contributed by atoms with Crippen LogP contribution in [0.15, 0.2) is 107 Å². The van der Waals surface area contributed by atoms with E-state index in [0.717, 1.165) is 6.92 Å². The molecule has 0 bridgehead atoms. The van der Waals surface area contributed by atoms with Crippen molar-refractivity contribution < 1.29 is 42.5 Å². The lowest BCUT2D eigenvalue weighted by atomic mass is 10.1. The molecule has 2 heterocycles. The molecule has 242 valence electrons. The second-order valence-corrected chi connectivity index (χ2v) is 10.6. The molecule has 0 radical (unpaired) electrons. The SMILES string of the molecule is CC(=O)C(C)n1c(=O)c(F)cn([C@@H]2O[C@H](COC(=O)c3ccccc3)[C@@H](OC(=O)c3ccccc3)[C@H]2OC(=O)c2ccccc2)c1=O. The molecule has 0 N–H and O–H groups in total. The number of ketones is 1. The Morgan fingerprint density at radius 1 is 0.766 bits per heavy atom. The molecule has 5 rings (SSSR count). The summed E-state index contributed by atoms with van der Waals surface area (Å²) in [5, 5.41) is 0. The molecule has 1 aliphatic rings. The number of carbonyl (C=O) groups is 4. The van der Waals surface area contributed by atoms with Crippen LogP contribution in [0.25, 0.3) is 0 Å². The zero-order valence-electron chi connectivity index (χ0n) is 25.2. The molecular formula is C34H29FN2O10. The Labute approximate surface area is 266 Å². The number of benzene rings is 3. The van der Waals surface area contributed by atoms with Crippen molar-refractivity contribution in [3.05, 3.63) is 141 Å². The number of halogens is 1. The number of hydrogen-bond acceptors (Lipinski definition) is 10. The normalized spacial score (nSPS) is 19.4. The monoisotopic (exact) mass is 644 g/mol. The van der Waals surface area contributed by atoms with E-state index in [-0.39, 0.29) is 16.7 Å². The topological polar surface area (TPSA) is 149 Å². The van der Waals surface area contributed by atoms with Crippen molar-refractivity contribution >= 4 is 23.7 Å². The number of hydrogen-bond donors (Lipinski definition) is 0. The molecule has 1 unspecified atom stereocenters. The summed E-state index contributed by atoms with van der Waals surface area (Å²) in [4.78, 5) is 77.9. The maximum atomic E-state index is 15.1. The third kappa shape index (κ3) is 7.10. The highest BCUT2D eigenvalue weighted by molar-refractivity contribution is 5.91. The molecule has 12 nitrogen and oxygen atoms in total. The van der Waals surface area contributed by atoms with Crippen molar-refractivity contribution in [3.8, 4) is 0 Å². The fourth-order valence-corrected chi connectivity index (χ4v) is 4.95. The lowest BCUT2D eigenvalue weighted by molar-refractivity contribution is -0.119. The first kappa shape index (κ1) is 32.7. The molecular weight excluding hydrogens is 615 g/mol. The molecule has 1 aliphatic heterocycles. The quantitative estimate of drug-likeness (QED) is 0.185. The van der Waals surface area contributed by atoms with Crippen LogP contribution in [-0.4, -0.2) is 57.7 Å². The third-order valence-electron chi connectivity index (χ3n) is 7.53. The molecule has 13 heteroatoms. The molecule has 47 heavy (non-hydrogen) atoms. The Bertz CT molecular complexity index is 1890. The predicted octanol–water partition coefficient (Wildman–Crippen LogP) is 3.50. The van der Waals surface area contributed by atoms with Crippen LogP contribution in [0.5, 0.6) is 0 Å². The zero-order valence-corrected chi connectivity index (χ0v) is 25.2. The van der Waals surface area contributed by atoms with Gasteiger partial charge in [0.1, 0.15) is 12.7 Å². The van der Waals surface area contributed by atoms with Gasteiger partial charge in [0, 0.05) is 0 Å². The van der Waals surface area contributed by atoms with Gasteiger partial charge >= 0.3 is 23.6 Å². The summed E-state index contributed by atoms with van der Waals surface area (Å²) in [6.45, 7) is 1.81. The van der Waals surface area contributed by atoms with Crippen LogP contribution >= 0.6 is 0 Å². The fourth-order valence-electron chi connectivity index (χ4n) is 4.95. The minimum absolute atomic E-state index is 0.0899. The minimum Gasteiger partial charge on any atom is -0.459 e. The highest BCUT2D eigenvalue weighted by Crippen LogP contribution is 2.35. The highest BCUT2D eigenvalue weighted by atomic mass is 19.1. The van der Waals surface area contributed by atoms with Crippen LogP contribution in [0.4, 0.5) is 4.39 Å². The molecule has 1 aromatic heterocycles. The van der Waals surface area contributed by atoms with Crippen LogP contribution in [-0.2, 0) is 23.7 Å². The molecule has 0 amide bonds. The number of ether oxygens (including phenoxy) is 4. The molecule has 5 atom stereocenters. The van der Waals surface area contributed by atoms with Gasteiger partial charge in [0.2, 0.25) is 5.82 Å². The van der Waals surface area contributed by atoms with Gasteiger partial charge in [-0.3, -0.25) is 14.2 Å². The van der Waals surface area contributed by atoms with Crippen LogP contribution in [0, 0.1) is 5.82 Å². The summed E-state index contributed by atoms with van der Waals surface area (Å²) < 4.78 is 39.3. The lowest BCUT2D eigenvalue weighted by Crippen LogP contribution is -2.48.